The number of hydrogen-bond acceptors (Lipinski definition) is 0. The maximum atomic E-state index is 2.30. The van der Waals surface area contributed by atoms with E-state index in [1.54, 1.807) is 0 Å². The molecule has 0 N–H and O–H groups in total. The SMILES string of the molecule is Cc1cccc(-c2ccc(C(C)C)c(C)c2)c1. The zero-order valence-corrected chi connectivity index (χ0v) is 11.1. The van der Waals surface area contributed by atoms with Gasteiger partial charge < -0.3 is 0 Å². The van der Waals surface area contributed by atoms with Crippen molar-refractivity contribution in [3.05, 3.63) is 59.2 Å². The molecule has 0 heterocycles. The highest BCUT2D eigenvalue weighted by Crippen LogP contribution is 2.26. The van der Waals surface area contributed by atoms with Crippen LogP contribution < -0.4 is 0 Å². The van der Waals surface area contributed by atoms with Crippen molar-refractivity contribution in [1.29, 1.82) is 0 Å². The van der Waals surface area contributed by atoms with Crippen LogP contribution in [0.4, 0.5) is 0 Å². The van der Waals surface area contributed by atoms with E-state index in [0.29, 0.717) is 5.92 Å². The second-order valence-corrected chi connectivity index (χ2v) is 5.10. The second kappa shape index (κ2) is 4.75. The Morgan fingerprint density at radius 2 is 1.53 bits per heavy atom. The third kappa shape index (κ3) is 2.58. The van der Waals surface area contributed by atoms with Crippen molar-refractivity contribution in [3.63, 3.8) is 0 Å². The third-order valence-electron chi connectivity index (χ3n) is 3.24. The zero-order valence-electron chi connectivity index (χ0n) is 11.1. The minimum Gasteiger partial charge on any atom is -0.0614 e. The quantitative estimate of drug-likeness (QED) is 0.666. The molecule has 0 aliphatic carbocycles. The van der Waals surface area contributed by atoms with Gasteiger partial charge in [0.15, 0.2) is 0 Å². The van der Waals surface area contributed by atoms with E-state index >= 15 is 0 Å². The topological polar surface area (TPSA) is 0 Å². The summed E-state index contributed by atoms with van der Waals surface area (Å²) in [6, 6.07) is 15.5. The van der Waals surface area contributed by atoms with Crippen molar-refractivity contribution < 1.29 is 0 Å². The van der Waals surface area contributed by atoms with Crippen LogP contribution in [0, 0.1) is 13.8 Å². The predicted octanol–water partition coefficient (Wildman–Crippen LogP) is 5.09. The van der Waals surface area contributed by atoms with Gasteiger partial charge in [-0.1, -0.05) is 61.9 Å². The van der Waals surface area contributed by atoms with Crippen molar-refractivity contribution in [2.24, 2.45) is 0 Å². The van der Waals surface area contributed by atoms with E-state index in [4.69, 9.17) is 0 Å². The van der Waals surface area contributed by atoms with E-state index in [1.165, 1.54) is 27.8 Å². The maximum absolute atomic E-state index is 2.30. The summed E-state index contributed by atoms with van der Waals surface area (Å²) in [4.78, 5) is 0. The molecule has 2 aromatic rings. The van der Waals surface area contributed by atoms with Crippen LogP contribution in [0.1, 0.15) is 36.5 Å². The average Bonchev–Trinajstić information content (AvgIpc) is 2.28. The van der Waals surface area contributed by atoms with Crippen LogP contribution >= 0.6 is 0 Å². The maximum Gasteiger partial charge on any atom is -0.0181 e. The fourth-order valence-electron chi connectivity index (χ4n) is 2.33. The summed E-state index contributed by atoms with van der Waals surface area (Å²) >= 11 is 0. The molecule has 0 bridgehead atoms. The lowest BCUT2D eigenvalue weighted by atomic mass is 9.94. The first-order valence-corrected chi connectivity index (χ1v) is 6.25. The van der Waals surface area contributed by atoms with E-state index in [9.17, 15) is 0 Å². The molecule has 0 aliphatic rings. The molecule has 0 saturated carbocycles. The fourth-order valence-corrected chi connectivity index (χ4v) is 2.33. The molecule has 0 aromatic heterocycles. The van der Waals surface area contributed by atoms with Crippen LogP contribution in [-0.2, 0) is 0 Å². The van der Waals surface area contributed by atoms with Crippen LogP contribution in [0.15, 0.2) is 42.5 Å². The summed E-state index contributed by atoms with van der Waals surface area (Å²) in [6.07, 6.45) is 0. The molecule has 0 heteroatoms. The highest BCUT2D eigenvalue weighted by Gasteiger charge is 2.05. The summed E-state index contributed by atoms with van der Waals surface area (Å²) in [5.74, 6) is 0.599. The van der Waals surface area contributed by atoms with Crippen LogP contribution in [-0.4, -0.2) is 0 Å². The molecule has 0 radical (unpaired) electrons. The fraction of sp³-hybridized carbons (Fsp3) is 0.294. The van der Waals surface area contributed by atoms with Gasteiger partial charge in [-0.3, -0.25) is 0 Å². The molecule has 17 heavy (non-hydrogen) atoms. The average molecular weight is 224 g/mol. The first kappa shape index (κ1) is 11.9. The monoisotopic (exact) mass is 224 g/mol. The molecule has 2 rings (SSSR count). The molecule has 88 valence electrons. The lowest BCUT2D eigenvalue weighted by molar-refractivity contribution is 0.857. The largest absolute Gasteiger partial charge is 0.0614 e. The molecule has 2 aromatic carbocycles. The first-order valence-electron chi connectivity index (χ1n) is 6.25. The minimum absolute atomic E-state index is 0.599. The molecular weight excluding hydrogens is 204 g/mol. The van der Waals surface area contributed by atoms with Gasteiger partial charge in [0.25, 0.3) is 0 Å². The van der Waals surface area contributed by atoms with Crippen molar-refractivity contribution in [1.82, 2.24) is 0 Å². The third-order valence-corrected chi connectivity index (χ3v) is 3.24. The summed E-state index contributed by atoms with van der Waals surface area (Å²) < 4.78 is 0. The lowest BCUT2D eigenvalue weighted by Crippen LogP contribution is -1.92. The van der Waals surface area contributed by atoms with Gasteiger partial charge in [0.2, 0.25) is 0 Å². The zero-order chi connectivity index (χ0) is 12.4. The van der Waals surface area contributed by atoms with Crippen LogP contribution in [0.5, 0.6) is 0 Å². The smallest absolute Gasteiger partial charge is 0.0181 e. The molecular formula is C17H20. The van der Waals surface area contributed by atoms with Crippen LogP contribution in [0.3, 0.4) is 0 Å². The van der Waals surface area contributed by atoms with Gasteiger partial charge in [-0.25, -0.2) is 0 Å². The van der Waals surface area contributed by atoms with E-state index in [1.807, 2.05) is 0 Å². The Bertz CT molecular complexity index is 521. The van der Waals surface area contributed by atoms with E-state index in [0.717, 1.165) is 0 Å². The van der Waals surface area contributed by atoms with Gasteiger partial charge in [-0.05, 0) is 42.0 Å². The van der Waals surface area contributed by atoms with E-state index < -0.39 is 0 Å². The van der Waals surface area contributed by atoms with Gasteiger partial charge in [0.1, 0.15) is 0 Å². The Morgan fingerprint density at radius 3 is 2.12 bits per heavy atom. The Labute approximate surface area is 104 Å². The standard InChI is InChI=1S/C17H20/c1-12(2)17-9-8-16(11-14(17)4)15-7-5-6-13(3)10-15/h5-12H,1-4H3. The summed E-state index contributed by atoms with van der Waals surface area (Å²) in [6.45, 7) is 8.83. The highest BCUT2D eigenvalue weighted by molar-refractivity contribution is 5.65. The van der Waals surface area contributed by atoms with E-state index in [-0.39, 0.29) is 0 Å². The molecule has 0 amide bonds. The molecule has 0 aliphatic heterocycles. The number of rotatable bonds is 2. The van der Waals surface area contributed by atoms with Gasteiger partial charge >= 0.3 is 0 Å². The molecule has 0 saturated heterocycles. The summed E-state index contributed by atoms with van der Waals surface area (Å²) in [5, 5.41) is 0. The minimum atomic E-state index is 0.599. The van der Waals surface area contributed by atoms with Gasteiger partial charge in [0.05, 0.1) is 0 Å². The summed E-state index contributed by atoms with van der Waals surface area (Å²) in [5.41, 5.74) is 6.77. The molecule has 0 atom stereocenters. The van der Waals surface area contributed by atoms with Crippen molar-refractivity contribution in [3.8, 4) is 11.1 Å². The van der Waals surface area contributed by atoms with Gasteiger partial charge in [-0.2, -0.15) is 0 Å². The Balaban J connectivity index is 2.44. The molecule has 0 unspecified atom stereocenters. The van der Waals surface area contributed by atoms with Crippen LogP contribution in [0.2, 0.25) is 0 Å². The predicted molar refractivity (Wildman–Crippen MR) is 75.4 cm³/mol. The Morgan fingerprint density at radius 1 is 0.824 bits per heavy atom. The molecule has 0 fully saturated rings. The number of hydrogen-bond donors (Lipinski definition) is 0. The van der Waals surface area contributed by atoms with E-state index in [2.05, 4.69) is 70.2 Å². The second-order valence-electron chi connectivity index (χ2n) is 5.10. The Kier molecular flexibility index (Phi) is 3.33. The van der Waals surface area contributed by atoms with Gasteiger partial charge in [0, 0.05) is 0 Å². The van der Waals surface area contributed by atoms with Crippen LogP contribution in [0.25, 0.3) is 11.1 Å². The molecule has 0 spiro atoms. The highest BCUT2D eigenvalue weighted by atomic mass is 14.1. The molecule has 0 nitrogen and oxygen atoms in total. The summed E-state index contributed by atoms with van der Waals surface area (Å²) in [7, 11) is 0. The van der Waals surface area contributed by atoms with Crippen molar-refractivity contribution in [2.45, 2.75) is 33.6 Å². The van der Waals surface area contributed by atoms with Gasteiger partial charge in [-0.15, -0.1) is 0 Å². The Hall–Kier alpha value is -1.56. The lowest BCUT2D eigenvalue weighted by Gasteiger charge is -2.12. The normalized spacial score (nSPS) is 10.9. The number of benzene rings is 2. The van der Waals surface area contributed by atoms with Crippen molar-refractivity contribution >= 4 is 0 Å². The van der Waals surface area contributed by atoms with Crippen molar-refractivity contribution in [2.75, 3.05) is 0 Å². The first-order chi connectivity index (χ1) is 8.08. The number of aryl methyl sites for hydroxylation is 2.